The van der Waals surface area contributed by atoms with Crippen molar-refractivity contribution < 1.29 is 0 Å². The summed E-state index contributed by atoms with van der Waals surface area (Å²) in [7, 11) is 0. The lowest BCUT2D eigenvalue weighted by molar-refractivity contribution is 0.569. The maximum absolute atomic E-state index is 5.74. The lowest BCUT2D eigenvalue weighted by Gasteiger charge is -2.20. The molecular weight excluding hydrogens is 214 g/mol. The smallest absolute Gasteiger partial charge is 0.224 e. The predicted molar refractivity (Wildman–Crippen MR) is 62.5 cm³/mol. The second-order valence-corrected chi connectivity index (χ2v) is 4.44. The fourth-order valence-corrected chi connectivity index (χ4v) is 1.34. The molecular formula is C9H14ClN5. The van der Waals surface area contributed by atoms with Crippen molar-refractivity contribution in [2.24, 2.45) is 10.7 Å². The van der Waals surface area contributed by atoms with E-state index >= 15 is 0 Å². The molecule has 0 aliphatic carbocycles. The van der Waals surface area contributed by atoms with Gasteiger partial charge in [0.1, 0.15) is 5.69 Å². The molecule has 0 amide bonds. The Kier molecular flexibility index (Phi) is 3.14. The quantitative estimate of drug-likeness (QED) is 0.433. The molecule has 0 spiro atoms. The minimum absolute atomic E-state index is 0.119. The molecule has 1 rings (SSSR count). The third kappa shape index (κ3) is 2.56. The number of anilines is 1. The van der Waals surface area contributed by atoms with Crippen LogP contribution in [0.15, 0.2) is 4.99 Å². The number of nitrogen functional groups attached to an aromatic ring is 1. The minimum Gasteiger partial charge on any atom is -0.390 e. The van der Waals surface area contributed by atoms with Gasteiger partial charge in [-0.25, -0.2) is 9.98 Å². The molecule has 1 aromatic rings. The summed E-state index contributed by atoms with van der Waals surface area (Å²) >= 11 is 5.74. The zero-order valence-corrected chi connectivity index (χ0v) is 9.71. The second-order valence-electron chi connectivity index (χ2n) is 4.10. The highest BCUT2D eigenvalue weighted by atomic mass is 35.5. The van der Waals surface area contributed by atoms with Crippen LogP contribution < -0.4 is 11.5 Å². The largest absolute Gasteiger partial charge is 0.390 e. The van der Waals surface area contributed by atoms with E-state index in [9.17, 15) is 0 Å². The van der Waals surface area contributed by atoms with E-state index in [4.69, 9.17) is 23.1 Å². The first-order chi connectivity index (χ1) is 6.86. The Morgan fingerprint density at radius 3 is 2.40 bits per heavy atom. The number of aromatic nitrogens is 2. The zero-order chi connectivity index (χ0) is 11.6. The summed E-state index contributed by atoms with van der Waals surface area (Å²) in [6.07, 6.45) is 1.16. The van der Waals surface area contributed by atoms with Crippen LogP contribution in [-0.2, 0) is 5.41 Å². The summed E-state index contributed by atoms with van der Waals surface area (Å²) in [4.78, 5) is 11.9. The summed E-state index contributed by atoms with van der Waals surface area (Å²) < 4.78 is 0. The fourth-order valence-electron chi connectivity index (χ4n) is 1.17. The number of nitrogens with zero attached hydrogens (tertiary/aromatic N) is 3. The molecule has 0 unspecified atom stereocenters. The highest BCUT2D eigenvalue weighted by Crippen LogP contribution is 2.33. The number of hydrogen-bond donors (Lipinski definition) is 2. The number of rotatable bonds is 1. The molecule has 82 valence electrons. The fraction of sp³-hybridized carbons (Fsp3) is 0.444. The van der Waals surface area contributed by atoms with Gasteiger partial charge in [-0.3, -0.25) is 0 Å². The molecule has 5 nitrogen and oxygen atoms in total. The molecule has 1 heterocycles. The van der Waals surface area contributed by atoms with E-state index in [0.29, 0.717) is 11.4 Å². The van der Waals surface area contributed by atoms with Gasteiger partial charge in [0, 0.05) is 5.41 Å². The van der Waals surface area contributed by atoms with Gasteiger partial charge in [0.25, 0.3) is 0 Å². The van der Waals surface area contributed by atoms with Crippen molar-refractivity contribution in [1.29, 1.82) is 0 Å². The van der Waals surface area contributed by atoms with Crippen LogP contribution in [0.5, 0.6) is 0 Å². The van der Waals surface area contributed by atoms with Gasteiger partial charge in [0.05, 0.1) is 12.0 Å². The number of aliphatic imine (C=N–C) groups is 1. The Balaban J connectivity index is 3.47. The van der Waals surface area contributed by atoms with Crippen LogP contribution in [0.2, 0.25) is 5.28 Å². The van der Waals surface area contributed by atoms with Gasteiger partial charge in [-0.05, 0) is 11.6 Å². The third-order valence-electron chi connectivity index (χ3n) is 1.80. The Bertz CT molecular complexity index is 394. The van der Waals surface area contributed by atoms with Crippen LogP contribution in [0, 0.1) is 0 Å². The summed E-state index contributed by atoms with van der Waals surface area (Å²) in [6.45, 7) is 5.96. The Morgan fingerprint density at radius 2 is 1.93 bits per heavy atom. The van der Waals surface area contributed by atoms with E-state index in [2.05, 4.69) is 15.0 Å². The molecule has 0 bridgehead atoms. The minimum atomic E-state index is -0.220. The zero-order valence-electron chi connectivity index (χ0n) is 8.95. The van der Waals surface area contributed by atoms with Crippen molar-refractivity contribution >= 4 is 29.4 Å². The molecule has 0 radical (unpaired) electrons. The Labute approximate surface area is 93.6 Å². The van der Waals surface area contributed by atoms with Gasteiger partial charge in [0.15, 0.2) is 5.82 Å². The molecule has 0 aliphatic heterocycles. The van der Waals surface area contributed by atoms with E-state index < -0.39 is 0 Å². The second kappa shape index (κ2) is 4.02. The number of hydrogen-bond acceptors (Lipinski definition) is 4. The van der Waals surface area contributed by atoms with E-state index in [1.54, 1.807) is 0 Å². The summed E-state index contributed by atoms with van der Waals surface area (Å²) in [6, 6.07) is 0. The standard InChI is InChI=1S/C9H14ClN5/c1-9(2,3)6-5(13-4-11)7(12)15-8(10)14-6/h4H,1-3H3,(H2,11,13)(H2,12,14,15). The first-order valence-corrected chi connectivity index (χ1v) is 4.82. The van der Waals surface area contributed by atoms with Crippen LogP contribution in [0.25, 0.3) is 0 Å². The van der Waals surface area contributed by atoms with Crippen molar-refractivity contribution in [3.05, 3.63) is 11.0 Å². The van der Waals surface area contributed by atoms with E-state index in [-0.39, 0.29) is 16.5 Å². The molecule has 0 saturated carbocycles. The summed E-state index contributed by atoms with van der Waals surface area (Å²) in [5.41, 5.74) is 11.9. The predicted octanol–water partition coefficient (Wildman–Crippen LogP) is 1.63. The SMILES string of the molecule is CC(C)(C)c1nc(Cl)nc(N)c1/N=C\N. The van der Waals surface area contributed by atoms with Gasteiger partial charge < -0.3 is 11.5 Å². The van der Waals surface area contributed by atoms with Gasteiger partial charge in [-0.2, -0.15) is 4.98 Å². The molecule has 0 atom stereocenters. The van der Waals surface area contributed by atoms with Crippen LogP contribution in [0.1, 0.15) is 26.5 Å². The Hall–Kier alpha value is -1.36. The van der Waals surface area contributed by atoms with Crippen molar-refractivity contribution in [2.75, 3.05) is 5.73 Å². The van der Waals surface area contributed by atoms with Crippen molar-refractivity contribution in [2.45, 2.75) is 26.2 Å². The van der Waals surface area contributed by atoms with Crippen LogP contribution in [-0.4, -0.2) is 16.3 Å². The van der Waals surface area contributed by atoms with Crippen LogP contribution in [0.3, 0.4) is 0 Å². The lowest BCUT2D eigenvalue weighted by atomic mass is 9.91. The lowest BCUT2D eigenvalue weighted by Crippen LogP contribution is -2.16. The Morgan fingerprint density at radius 1 is 1.33 bits per heavy atom. The number of halogens is 1. The number of nitrogens with two attached hydrogens (primary N) is 2. The summed E-state index contributed by atoms with van der Waals surface area (Å²) in [5, 5.41) is 0.119. The molecule has 0 fully saturated rings. The van der Waals surface area contributed by atoms with E-state index in [1.165, 1.54) is 0 Å². The molecule has 6 heteroatoms. The van der Waals surface area contributed by atoms with E-state index in [1.807, 2.05) is 20.8 Å². The highest BCUT2D eigenvalue weighted by molar-refractivity contribution is 6.28. The van der Waals surface area contributed by atoms with Crippen molar-refractivity contribution in [1.82, 2.24) is 9.97 Å². The molecule has 0 aliphatic rings. The van der Waals surface area contributed by atoms with Gasteiger partial charge >= 0.3 is 0 Å². The molecule has 4 N–H and O–H groups in total. The maximum atomic E-state index is 5.74. The van der Waals surface area contributed by atoms with Crippen LogP contribution in [0.4, 0.5) is 11.5 Å². The van der Waals surface area contributed by atoms with E-state index in [0.717, 1.165) is 6.34 Å². The topological polar surface area (TPSA) is 90.2 Å². The van der Waals surface area contributed by atoms with Gasteiger partial charge in [-0.15, -0.1) is 0 Å². The first-order valence-electron chi connectivity index (χ1n) is 4.44. The molecule has 0 saturated heterocycles. The molecule has 0 aromatic carbocycles. The van der Waals surface area contributed by atoms with Crippen molar-refractivity contribution in [3.8, 4) is 0 Å². The normalized spacial score (nSPS) is 12.3. The van der Waals surface area contributed by atoms with Gasteiger partial charge in [0.2, 0.25) is 5.28 Å². The maximum Gasteiger partial charge on any atom is 0.224 e. The first kappa shape index (κ1) is 11.7. The monoisotopic (exact) mass is 227 g/mol. The average molecular weight is 228 g/mol. The molecule has 1 aromatic heterocycles. The van der Waals surface area contributed by atoms with Crippen LogP contribution >= 0.6 is 11.6 Å². The summed E-state index contributed by atoms with van der Waals surface area (Å²) in [5.74, 6) is 0.238. The molecule has 15 heavy (non-hydrogen) atoms. The van der Waals surface area contributed by atoms with Gasteiger partial charge in [-0.1, -0.05) is 20.8 Å². The third-order valence-corrected chi connectivity index (χ3v) is 1.97. The van der Waals surface area contributed by atoms with Crippen molar-refractivity contribution in [3.63, 3.8) is 0 Å². The average Bonchev–Trinajstić information content (AvgIpc) is 2.07. The highest BCUT2D eigenvalue weighted by Gasteiger charge is 2.22.